The molecule has 0 spiro atoms. The number of aliphatic hydroxyl groups excluding tert-OH is 1. The van der Waals surface area contributed by atoms with Gasteiger partial charge in [-0.25, -0.2) is 4.79 Å². The predicted molar refractivity (Wildman–Crippen MR) is 54.2 cm³/mol. The molecule has 0 fully saturated rings. The van der Waals surface area contributed by atoms with Gasteiger partial charge in [-0.2, -0.15) is 0 Å². The van der Waals surface area contributed by atoms with Crippen LogP contribution in [-0.2, 0) is 6.42 Å². The first-order valence-corrected chi connectivity index (χ1v) is 4.64. The second-order valence-corrected chi connectivity index (χ2v) is 3.45. The van der Waals surface area contributed by atoms with Crippen LogP contribution in [0, 0.1) is 0 Å². The maximum atomic E-state index is 10.7. The molecule has 0 heterocycles. The zero-order chi connectivity index (χ0) is 10.7. The summed E-state index contributed by atoms with van der Waals surface area (Å²) < 4.78 is 0. The summed E-state index contributed by atoms with van der Waals surface area (Å²) in [5.41, 5.74) is 0.468. The van der Waals surface area contributed by atoms with E-state index in [0.717, 1.165) is 0 Å². The van der Waals surface area contributed by atoms with E-state index in [1.54, 1.807) is 0 Å². The zero-order valence-electron chi connectivity index (χ0n) is 7.13. The average molecular weight is 235 g/mol. The zero-order valence-corrected chi connectivity index (χ0v) is 8.64. The van der Waals surface area contributed by atoms with E-state index >= 15 is 0 Å². The van der Waals surface area contributed by atoms with Crippen molar-refractivity contribution in [3.05, 3.63) is 33.3 Å². The van der Waals surface area contributed by atoms with E-state index < -0.39 is 5.97 Å². The Bertz CT molecular complexity index is 363. The van der Waals surface area contributed by atoms with Crippen LogP contribution in [0.1, 0.15) is 15.9 Å². The van der Waals surface area contributed by atoms with E-state index in [2.05, 4.69) is 0 Å². The minimum atomic E-state index is -1.11. The van der Waals surface area contributed by atoms with Crippen molar-refractivity contribution in [2.45, 2.75) is 6.42 Å². The number of carbonyl (C=O) groups is 1. The number of benzene rings is 1. The summed E-state index contributed by atoms with van der Waals surface area (Å²) in [6.07, 6.45) is 0.249. The number of carboxylic acids is 1. The van der Waals surface area contributed by atoms with Crippen molar-refractivity contribution in [2.75, 3.05) is 6.61 Å². The molecule has 5 heteroatoms. The van der Waals surface area contributed by atoms with Crippen LogP contribution in [0.25, 0.3) is 0 Å². The number of halogens is 2. The molecule has 2 N–H and O–H groups in total. The van der Waals surface area contributed by atoms with Crippen molar-refractivity contribution in [3.8, 4) is 0 Å². The van der Waals surface area contributed by atoms with Gasteiger partial charge in [0, 0.05) is 11.6 Å². The van der Waals surface area contributed by atoms with E-state index in [9.17, 15) is 4.79 Å². The molecule has 1 rings (SSSR count). The minimum Gasteiger partial charge on any atom is -0.478 e. The summed E-state index contributed by atoms with van der Waals surface area (Å²) >= 11 is 11.6. The lowest BCUT2D eigenvalue weighted by Crippen LogP contribution is -2.02. The first-order chi connectivity index (χ1) is 6.57. The Balaban J connectivity index is 3.26. The lowest BCUT2D eigenvalue weighted by molar-refractivity contribution is 0.0697. The van der Waals surface area contributed by atoms with Gasteiger partial charge in [0.05, 0.1) is 10.6 Å². The number of hydrogen-bond donors (Lipinski definition) is 2. The number of rotatable bonds is 3. The first-order valence-electron chi connectivity index (χ1n) is 3.89. The van der Waals surface area contributed by atoms with Gasteiger partial charge in [0.2, 0.25) is 0 Å². The molecule has 0 aromatic heterocycles. The lowest BCUT2D eigenvalue weighted by atomic mass is 10.1. The van der Waals surface area contributed by atoms with E-state index in [-0.39, 0.29) is 23.6 Å². The molecular weight excluding hydrogens is 227 g/mol. The van der Waals surface area contributed by atoms with Crippen molar-refractivity contribution in [1.29, 1.82) is 0 Å². The Labute approximate surface area is 90.9 Å². The van der Waals surface area contributed by atoms with Crippen molar-refractivity contribution in [1.82, 2.24) is 0 Å². The number of carboxylic acid groups (broad SMARTS) is 1. The normalized spacial score (nSPS) is 10.2. The molecule has 1 aromatic carbocycles. The van der Waals surface area contributed by atoms with Gasteiger partial charge in [0.25, 0.3) is 0 Å². The van der Waals surface area contributed by atoms with Crippen molar-refractivity contribution in [2.24, 2.45) is 0 Å². The van der Waals surface area contributed by atoms with E-state index in [1.165, 1.54) is 12.1 Å². The molecule has 0 aliphatic carbocycles. The highest BCUT2D eigenvalue weighted by Crippen LogP contribution is 2.28. The minimum absolute atomic E-state index is 0.000448. The molecule has 1 aromatic rings. The standard InChI is InChI=1S/C9H8Cl2O3/c10-7-2-1-6(9(13)14)8(11)5(7)3-4-12/h1-2,12H,3-4H2,(H,13,14). The molecule has 0 amide bonds. The van der Waals surface area contributed by atoms with E-state index in [0.29, 0.717) is 10.6 Å². The van der Waals surface area contributed by atoms with Gasteiger partial charge in [-0.3, -0.25) is 0 Å². The summed E-state index contributed by atoms with van der Waals surface area (Å²) in [6, 6.07) is 2.80. The quantitative estimate of drug-likeness (QED) is 0.844. The largest absolute Gasteiger partial charge is 0.478 e. The van der Waals surface area contributed by atoms with Crippen molar-refractivity contribution >= 4 is 29.2 Å². The van der Waals surface area contributed by atoms with Crippen LogP contribution in [0.2, 0.25) is 10.0 Å². The summed E-state index contributed by atoms with van der Waals surface area (Å²) in [5.74, 6) is -1.11. The highest BCUT2D eigenvalue weighted by molar-refractivity contribution is 6.37. The molecular formula is C9H8Cl2O3. The summed E-state index contributed by atoms with van der Waals surface area (Å²) in [5, 5.41) is 18.0. The van der Waals surface area contributed by atoms with Crippen LogP contribution >= 0.6 is 23.2 Å². The predicted octanol–water partition coefficient (Wildman–Crippen LogP) is 2.23. The lowest BCUT2D eigenvalue weighted by Gasteiger charge is -2.07. The van der Waals surface area contributed by atoms with E-state index in [4.69, 9.17) is 33.4 Å². The molecule has 3 nitrogen and oxygen atoms in total. The smallest absolute Gasteiger partial charge is 0.337 e. The van der Waals surface area contributed by atoms with Crippen LogP contribution in [0.15, 0.2) is 12.1 Å². The average Bonchev–Trinajstić information content (AvgIpc) is 2.11. The summed E-state index contributed by atoms with van der Waals surface area (Å²) in [4.78, 5) is 10.7. The van der Waals surface area contributed by atoms with Crippen LogP contribution in [0.3, 0.4) is 0 Å². The molecule has 0 aliphatic rings. The molecule has 0 atom stereocenters. The molecule has 0 bridgehead atoms. The Kier molecular flexibility index (Phi) is 3.75. The van der Waals surface area contributed by atoms with Gasteiger partial charge in [0.15, 0.2) is 0 Å². The van der Waals surface area contributed by atoms with E-state index in [1.807, 2.05) is 0 Å². The topological polar surface area (TPSA) is 57.5 Å². The van der Waals surface area contributed by atoms with Gasteiger partial charge in [-0.05, 0) is 24.1 Å². The van der Waals surface area contributed by atoms with Gasteiger partial charge in [0.1, 0.15) is 0 Å². The van der Waals surface area contributed by atoms with Crippen molar-refractivity contribution < 1.29 is 15.0 Å². The van der Waals surface area contributed by atoms with Crippen LogP contribution in [-0.4, -0.2) is 22.8 Å². The van der Waals surface area contributed by atoms with Gasteiger partial charge < -0.3 is 10.2 Å². The number of aliphatic hydroxyl groups is 1. The van der Waals surface area contributed by atoms with Gasteiger partial charge in [-0.1, -0.05) is 23.2 Å². The highest BCUT2D eigenvalue weighted by Gasteiger charge is 2.14. The van der Waals surface area contributed by atoms with Crippen molar-refractivity contribution in [3.63, 3.8) is 0 Å². The maximum Gasteiger partial charge on any atom is 0.337 e. The maximum absolute atomic E-state index is 10.7. The van der Waals surface area contributed by atoms with Gasteiger partial charge in [-0.15, -0.1) is 0 Å². The molecule has 0 saturated heterocycles. The molecule has 0 unspecified atom stereocenters. The molecule has 0 aliphatic heterocycles. The molecule has 0 radical (unpaired) electrons. The first kappa shape index (κ1) is 11.3. The number of hydrogen-bond acceptors (Lipinski definition) is 2. The third-order valence-electron chi connectivity index (χ3n) is 1.78. The fraction of sp³-hybridized carbons (Fsp3) is 0.222. The highest BCUT2D eigenvalue weighted by atomic mass is 35.5. The monoisotopic (exact) mass is 234 g/mol. The molecule has 14 heavy (non-hydrogen) atoms. The Morgan fingerprint density at radius 2 is 2.00 bits per heavy atom. The van der Waals surface area contributed by atoms with Crippen LogP contribution in [0.5, 0.6) is 0 Å². The second-order valence-electron chi connectivity index (χ2n) is 2.67. The fourth-order valence-corrected chi connectivity index (χ4v) is 1.74. The fourth-order valence-electron chi connectivity index (χ4n) is 1.10. The summed E-state index contributed by atoms with van der Waals surface area (Å²) in [6.45, 7) is -0.123. The summed E-state index contributed by atoms with van der Waals surface area (Å²) in [7, 11) is 0. The Morgan fingerprint density at radius 3 is 2.50 bits per heavy atom. The second kappa shape index (κ2) is 4.64. The molecule has 0 saturated carbocycles. The third-order valence-corrected chi connectivity index (χ3v) is 2.56. The third kappa shape index (κ3) is 2.18. The van der Waals surface area contributed by atoms with Crippen LogP contribution < -0.4 is 0 Å². The Hall–Kier alpha value is -0.770. The Morgan fingerprint density at radius 1 is 1.36 bits per heavy atom. The van der Waals surface area contributed by atoms with Gasteiger partial charge >= 0.3 is 5.97 Å². The van der Waals surface area contributed by atoms with Crippen LogP contribution in [0.4, 0.5) is 0 Å². The SMILES string of the molecule is O=C(O)c1ccc(Cl)c(CCO)c1Cl. The molecule has 76 valence electrons. The number of aromatic carboxylic acids is 1.